The molecule has 0 spiro atoms. The Morgan fingerprint density at radius 2 is 0.714 bits per heavy atom. The van der Waals surface area contributed by atoms with Gasteiger partial charge in [0.2, 0.25) is 0 Å². The van der Waals surface area contributed by atoms with Gasteiger partial charge in [0.25, 0.3) is 0 Å². The van der Waals surface area contributed by atoms with Crippen molar-refractivity contribution in [3.63, 3.8) is 0 Å². The highest BCUT2D eigenvalue weighted by atomic mass is 28.3. The summed E-state index contributed by atoms with van der Waals surface area (Å²) in [6.07, 6.45) is 0. The highest BCUT2D eigenvalue weighted by Gasteiger charge is 2.43. The Balaban J connectivity index is 1.21. The van der Waals surface area contributed by atoms with Gasteiger partial charge in [-0.15, -0.1) is 0 Å². The van der Waals surface area contributed by atoms with Crippen molar-refractivity contribution in [1.82, 2.24) is 9.13 Å². The van der Waals surface area contributed by atoms with E-state index in [1.165, 1.54) is 92.3 Å². The van der Waals surface area contributed by atoms with Gasteiger partial charge in [-0.3, -0.25) is 0 Å². The molecule has 12 rings (SSSR count). The third-order valence-electron chi connectivity index (χ3n) is 13.0. The lowest BCUT2D eigenvalue weighted by atomic mass is 9.98. The third-order valence-corrected chi connectivity index (χ3v) is 17.8. The Morgan fingerprint density at radius 1 is 0.286 bits per heavy atom. The SMILES string of the molecule is c1ccc(-c2cc(-c3ccccc3)cc(-n3c4ccccc4c4c(-n5c6ccccc6c6cccc([Si](c7ccccc7)(c7ccccc7)c7ccccc7)c65)cccc43)c2)cc1. The minimum absolute atomic E-state index is 1.13. The van der Waals surface area contributed by atoms with Crippen molar-refractivity contribution in [3.8, 4) is 33.6 Å². The molecule has 2 heterocycles. The second kappa shape index (κ2) is 15.2. The van der Waals surface area contributed by atoms with Crippen LogP contribution in [0, 0.1) is 0 Å². The molecule has 0 unspecified atom stereocenters. The van der Waals surface area contributed by atoms with Gasteiger partial charge in [0.05, 0.1) is 27.8 Å². The molecule has 0 fully saturated rings. The molecular weight excluding hydrogens is 777 g/mol. The van der Waals surface area contributed by atoms with Gasteiger partial charge in [0.15, 0.2) is 8.07 Å². The van der Waals surface area contributed by atoms with Crippen LogP contribution in [0.3, 0.4) is 0 Å². The van der Waals surface area contributed by atoms with E-state index in [4.69, 9.17) is 0 Å². The molecule has 10 aromatic carbocycles. The van der Waals surface area contributed by atoms with Crippen LogP contribution < -0.4 is 20.7 Å². The number of aromatic nitrogens is 2. The van der Waals surface area contributed by atoms with Crippen molar-refractivity contribution in [1.29, 1.82) is 0 Å². The molecule has 0 radical (unpaired) electrons. The fraction of sp³-hybridized carbons (Fsp3) is 0. The summed E-state index contributed by atoms with van der Waals surface area (Å²) < 4.78 is 5.09. The molecule has 63 heavy (non-hydrogen) atoms. The molecule has 0 amide bonds. The maximum atomic E-state index is 2.60. The molecule has 0 saturated heterocycles. The lowest BCUT2D eigenvalue weighted by Crippen LogP contribution is -2.75. The summed E-state index contributed by atoms with van der Waals surface area (Å²) in [6, 6.07) is 94.4. The van der Waals surface area contributed by atoms with Crippen molar-refractivity contribution in [2.75, 3.05) is 0 Å². The van der Waals surface area contributed by atoms with Crippen molar-refractivity contribution >= 4 is 72.4 Å². The van der Waals surface area contributed by atoms with Crippen LogP contribution in [0.4, 0.5) is 0 Å². The molecule has 0 aliphatic rings. The van der Waals surface area contributed by atoms with Gasteiger partial charge in [-0.25, -0.2) is 0 Å². The molecule has 296 valence electrons. The molecule has 0 bridgehead atoms. The summed E-state index contributed by atoms with van der Waals surface area (Å²) in [7, 11) is -2.96. The van der Waals surface area contributed by atoms with E-state index in [1.54, 1.807) is 0 Å². The van der Waals surface area contributed by atoms with Crippen LogP contribution in [0.15, 0.2) is 255 Å². The molecule has 0 N–H and O–H groups in total. The van der Waals surface area contributed by atoms with E-state index in [2.05, 4.69) is 264 Å². The largest absolute Gasteiger partial charge is 0.309 e. The van der Waals surface area contributed by atoms with Crippen LogP contribution in [-0.2, 0) is 0 Å². The van der Waals surface area contributed by atoms with Crippen molar-refractivity contribution in [2.45, 2.75) is 0 Å². The van der Waals surface area contributed by atoms with Crippen LogP contribution in [0.25, 0.3) is 77.2 Å². The Bertz CT molecular complexity index is 3440. The average Bonchev–Trinajstić information content (AvgIpc) is 3.89. The van der Waals surface area contributed by atoms with Gasteiger partial charge < -0.3 is 9.13 Å². The first kappa shape index (κ1) is 36.8. The van der Waals surface area contributed by atoms with E-state index in [-0.39, 0.29) is 0 Å². The van der Waals surface area contributed by atoms with Gasteiger partial charge in [0, 0.05) is 27.2 Å². The van der Waals surface area contributed by atoms with E-state index in [9.17, 15) is 0 Å². The maximum absolute atomic E-state index is 2.96. The van der Waals surface area contributed by atoms with E-state index < -0.39 is 8.07 Å². The summed E-state index contributed by atoms with van der Waals surface area (Å²) in [5, 5.41) is 10.4. The Morgan fingerprint density at radius 3 is 1.27 bits per heavy atom. The summed E-state index contributed by atoms with van der Waals surface area (Å²) in [6.45, 7) is 0. The predicted molar refractivity (Wildman–Crippen MR) is 270 cm³/mol. The quantitative estimate of drug-likeness (QED) is 0.107. The molecule has 12 aromatic rings. The zero-order chi connectivity index (χ0) is 41.7. The van der Waals surface area contributed by atoms with E-state index in [0.29, 0.717) is 0 Å². The number of benzene rings is 10. The van der Waals surface area contributed by atoms with Crippen LogP contribution in [0.1, 0.15) is 0 Å². The topological polar surface area (TPSA) is 9.86 Å². The molecule has 0 aliphatic carbocycles. The lowest BCUT2D eigenvalue weighted by molar-refractivity contribution is 1.17. The van der Waals surface area contributed by atoms with Crippen LogP contribution in [0.5, 0.6) is 0 Å². The minimum atomic E-state index is -2.96. The molecule has 0 atom stereocenters. The van der Waals surface area contributed by atoms with Crippen molar-refractivity contribution in [2.24, 2.45) is 0 Å². The first-order valence-electron chi connectivity index (χ1n) is 21.8. The predicted octanol–water partition coefficient (Wildman–Crippen LogP) is 12.6. The van der Waals surface area contributed by atoms with Crippen molar-refractivity contribution in [3.05, 3.63) is 255 Å². The fourth-order valence-corrected chi connectivity index (χ4v) is 15.4. The zero-order valence-electron chi connectivity index (χ0n) is 34.6. The minimum Gasteiger partial charge on any atom is -0.309 e. The zero-order valence-corrected chi connectivity index (χ0v) is 35.6. The van der Waals surface area contributed by atoms with E-state index in [0.717, 1.165) is 5.69 Å². The summed E-state index contributed by atoms with van der Waals surface area (Å²) in [5.74, 6) is 0. The average molecular weight is 819 g/mol. The van der Waals surface area contributed by atoms with Gasteiger partial charge in [-0.1, -0.05) is 212 Å². The second-order valence-electron chi connectivity index (χ2n) is 16.4. The smallest absolute Gasteiger partial charge is 0.181 e. The first-order chi connectivity index (χ1) is 31.3. The van der Waals surface area contributed by atoms with Gasteiger partial charge in [-0.2, -0.15) is 0 Å². The lowest BCUT2D eigenvalue weighted by Gasteiger charge is -2.35. The number of rotatable bonds is 8. The number of nitrogens with zero attached hydrogens (tertiary/aromatic N) is 2. The highest BCUT2D eigenvalue weighted by Crippen LogP contribution is 2.41. The molecule has 0 aliphatic heterocycles. The Labute approximate surface area is 368 Å². The fourth-order valence-electron chi connectivity index (χ4n) is 10.4. The number of hydrogen-bond acceptors (Lipinski definition) is 0. The highest BCUT2D eigenvalue weighted by molar-refractivity contribution is 7.20. The van der Waals surface area contributed by atoms with Crippen LogP contribution in [0.2, 0.25) is 0 Å². The molecule has 0 saturated carbocycles. The van der Waals surface area contributed by atoms with E-state index in [1.807, 2.05) is 0 Å². The molecule has 2 aromatic heterocycles. The normalized spacial score (nSPS) is 11.8. The first-order valence-corrected chi connectivity index (χ1v) is 23.8. The van der Waals surface area contributed by atoms with Gasteiger partial charge >= 0.3 is 0 Å². The van der Waals surface area contributed by atoms with Gasteiger partial charge in [0.1, 0.15) is 0 Å². The number of hydrogen-bond donors (Lipinski definition) is 0. The Kier molecular flexibility index (Phi) is 8.87. The number of para-hydroxylation sites is 3. The molecule has 2 nitrogen and oxygen atoms in total. The Hall–Kier alpha value is -7.98. The van der Waals surface area contributed by atoms with Crippen LogP contribution in [-0.4, -0.2) is 17.2 Å². The summed E-state index contributed by atoms with van der Waals surface area (Å²) in [5.41, 5.74) is 11.8. The number of fused-ring (bicyclic) bond motifs is 6. The second-order valence-corrected chi connectivity index (χ2v) is 20.2. The maximum Gasteiger partial charge on any atom is 0.181 e. The van der Waals surface area contributed by atoms with Crippen molar-refractivity contribution < 1.29 is 0 Å². The molecular formula is C60H42N2Si. The van der Waals surface area contributed by atoms with Gasteiger partial charge in [-0.05, 0) is 85.5 Å². The third kappa shape index (κ3) is 5.85. The molecule has 3 heteroatoms. The van der Waals surface area contributed by atoms with E-state index >= 15 is 0 Å². The summed E-state index contributed by atoms with van der Waals surface area (Å²) in [4.78, 5) is 0. The van der Waals surface area contributed by atoms with Crippen LogP contribution >= 0.6 is 0 Å². The summed E-state index contributed by atoms with van der Waals surface area (Å²) >= 11 is 0. The monoisotopic (exact) mass is 818 g/mol. The standard InChI is InChI=1S/C60H42N2Si/c1-6-22-43(23-7-1)45-40-46(44-24-8-2-9-25-44)42-47(41-45)61-55-36-19-17-33-53(55)59-56(61)37-21-38-57(59)62-54-35-18-16-32-51(54)52-34-20-39-58(60(52)62)63(48-26-10-3-11-27-48,49-28-12-4-13-29-49)50-30-14-5-15-31-50/h1-42H.